The van der Waals surface area contributed by atoms with Gasteiger partial charge in [0.1, 0.15) is 0 Å². The van der Waals surface area contributed by atoms with Crippen LogP contribution in [0.25, 0.3) is 22.5 Å². The predicted molar refractivity (Wildman–Crippen MR) is 104 cm³/mol. The highest BCUT2D eigenvalue weighted by atomic mass is 16.1. The van der Waals surface area contributed by atoms with E-state index in [1.54, 1.807) is 0 Å². The highest BCUT2D eigenvalue weighted by Crippen LogP contribution is 2.32. The summed E-state index contributed by atoms with van der Waals surface area (Å²) in [6, 6.07) is 14.0. The number of carbonyl (C=O) groups excluding carboxylic acids is 1. The van der Waals surface area contributed by atoms with Crippen molar-refractivity contribution in [3.63, 3.8) is 0 Å². The molecule has 4 rings (SSSR count). The summed E-state index contributed by atoms with van der Waals surface area (Å²) in [7, 11) is 2.13. The van der Waals surface area contributed by atoms with E-state index in [1.807, 2.05) is 54.9 Å². The van der Waals surface area contributed by atoms with Gasteiger partial charge < -0.3 is 14.9 Å². The molecule has 0 atom stereocenters. The van der Waals surface area contributed by atoms with E-state index in [0.717, 1.165) is 54.3 Å². The largest absolute Gasteiger partial charge is 0.360 e. The lowest BCUT2D eigenvalue weighted by atomic mass is 9.98. The third-order valence-corrected chi connectivity index (χ3v) is 5.07. The zero-order valence-corrected chi connectivity index (χ0v) is 15.0. The van der Waals surface area contributed by atoms with E-state index in [1.165, 1.54) is 0 Å². The second kappa shape index (κ2) is 7.32. The van der Waals surface area contributed by atoms with Gasteiger partial charge in [0.15, 0.2) is 5.78 Å². The van der Waals surface area contributed by atoms with Crippen molar-refractivity contribution in [3.8, 4) is 22.5 Å². The topological polar surface area (TPSA) is 55.1 Å². The number of aromatic amines is 2. The predicted octanol–water partition coefficient (Wildman–Crippen LogP) is 3.11. The quantitative estimate of drug-likeness (QED) is 0.697. The Morgan fingerprint density at radius 2 is 1.77 bits per heavy atom. The number of nitrogens with one attached hydrogen (secondary N) is 2. The van der Waals surface area contributed by atoms with Gasteiger partial charge in [0.05, 0.1) is 23.5 Å². The number of H-pyrrole nitrogens is 2. The van der Waals surface area contributed by atoms with E-state index in [4.69, 9.17) is 0 Å². The molecule has 0 radical (unpaired) electrons. The van der Waals surface area contributed by atoms with Crippen molar-refractivity contribution < 1.29 is 4.79 Å². The van der Waals surface area contributed by atoms with Gasteiger partial charge in [-0.05, 0) is 24.7 Å². The summed E-state index contributed by atoms with van der Waals surface area (Å²) in [5.41, 5.74) is 4.61. The maximum absolute atomic E-state index is 13.3. The van der Waals surface area contributed by atoms with Gasteiger partial charge >= 0.3 is 0 Å². The number of carbonyl (C=O) groups is 1. The molecule has 0 unspecified atom stereocenters. The van der Waals surface area contributed by atoms with Gasteiger partial charge in [0.25, 0.3) is 0 Å². The summed E-state index contributed by atoms with van der Waals surface area (Å²) in [6.07, 6.45) is 3.83. The van der Waals surface area contributed by atoms with Crippen LogP contribution in [0.1, 0.15) is 10.4 Å². The maximum atomic E-state index is 13.3. The van der Waals surface area contributed by atoms with Crippen LogP contribution in [-0.4, -0.2) is 65.3 Å². The van der Waals surface area contributed by atoms with Crippen LogP contribution in [0.2, 0.25) is 0 Å². The normalized spacial score (nSPS) is 16.0. The summed E-state index contributed by atoms with van der Waals surface area (Å²) >= 11 is 0. The van der Waals surface area contributed by atoms with Gasteiger partial charge in [0.2, 0.25) is 0 Å². The van der Waals surface area contributed by atoms with Crippen molar-refractivity contribution in [2.75, 3.05) is 39.8 Å². The molecule has 1 fully saturated rings. The number of hydrogen-bond donors (Lipinski definition) is 2. The third-order valence-electron chi connectivity index (χ3n) is 5.07. The first kappa shape index (κ1) is 16.8. The van der Waals surface area contributed by atoms with Crippen molar-refractivity contribution in [2.24, 2.45) is 0 Å². The van der Waals surface area contributed by atoms with Crippen molar-refractivity contribution in [2.45, 2.75) is 0 Å². The van der Waals surface area contributed by atoms with Crippen LogP contribution in [0.3, 0.4) is 0 Å². The molecule has 0 bridgehead atoms. The lowest BCUT2D eigenvalue weighted by Gasteiger charge is -2.31. The Kier molecular flexibility index (Phi) is 4.73. The molecule has 0 amide bonds. The fourth-order valence-electron chi connectivity index (χ4n) is 3.54. The molecule has 5 heteroatoms. The van der Waals surface area contributed by atoms with Gasteiger partial charge in [-0.3, -0.25) is 9.69 Å². The van der Waals surface area contributed by atoms with Crippen LogP contribution in [0.5, 0.6) is 0 Å². The van der Waals surface area contributed by atoms with Gasteiger partial charge in [-0.2, -0.15) is 0 Å². The fourth-order valence-corrected chi connectivity index (χ4v) is 3.54. The minimum absolute atomic E-state index is 0.166. The standard InChI is InChI=1S/C21H24N4O/c1-24-10-12-25(13-11-24)15-19(26)20-17(16-6-3-2-4-7-16)14-23-21(20)18-8-5-9-22-18/h2-9,14,22-23H,10-13,15H2,1H3. The average Bonchev–Trinajstić information content (AvgIpc) is 3.33. The molecule has 2 aromatic heterocycles. The summed E-state index contributed by atoms with van der Waals surface area (Å²) in [4.78, 5) is 24.4. The molecule has 0 spiro atoms. The highest BCUT2D eigenvalue weighted by molar-refractivity contribution is 6.08. The number of piperazine rings is 1. The molecule has 0 aliphatic carbocycles. The lowest BCUT2D eigenvalue weighted by molar-refractivity contribution is 0.0878. The van der Waals surface area contributed by atoms with Crippen LogP contribution in [0, 0.1) is 0 Å². The Hall–Kier alpha value is -2.63. The van der Waals surface area contributed by atoms with E-state index in [9.17, 15) is 4.79 Å². The van der Waals surface area contributed by atoms with Crippen LogP contribution >= 0.6 is 0 Å². The second-order valence-corrected chi connectivity index (χ2v) is 6.90. The molecule has 1 aliphatic heterocycles. The van der Waals surface area contributed by atoms with Crippen molar-refractivity contribution in [1.82, 2.24) is 19.8 Å². The zero-order chi connectivity index (χ0) is 17.9. The zero-order valence-electron chi connectivity index (χ0n) is 15.0. The number of hydrogen-bond acceptors (Lipinski definition) is 3. The number of rotatable bonds is 5. The molecule has 3 aromatic rings. The first-order valence-corrected chi connectivity index (χ1v) is 9.07. The number of likely N-dealkylation sites (N-methyl/N-ethyl adjacent to an activating group) is 1. The van der Waals surface area contributed by atoms with Gasteiger partial charge in [-0.15, -0.1) is 0 Å². The fraction of sp³-hybridized carbons (Fsp3) is 0.286. The maximum Gasteiger partial charge on any atom is 0.179 e. The van der Waals surface area contributed by atoms with Crippen molar-refractivity contribution in [1.29, 1.82) is 0 Å². The van der Waals surface area contributed by atoms with E-state index >= 15 is 0 Å². The van der Waals surface area contributed by atoms with Gasteiger partial charge in [-0.25, -0.2) is 0 Å². The molecular weight excluding hydrogens is 324 g/mol. The average molecular weight is 348 g/mol. The van der Waals surface area contributed by atoms with Crippen LogP contribution in [0.15, 0.2) is 54.9 Å². The Balaban J connectivity index is 1.68. The molecule has 26 heavy (non-hydrogen) atoms. The first-order chi connectivity index (χ1) is 12.7. The molecular formula is C21H24N4O. The second-order valence-electron chi connectivity index (χ2n) is 6.90. The minimum Gasteiger partial charge on any atom is -0.360 e. The Morgan fingerprint density at radius 1 is 1.00 bits per heavy atom. The molecule has 1 aliphatic rings. The summed E-state index contributed by atoms with van der Waals surface area (Å²) < 4.78 is 0. The van der Waals surface area contributed by atoms with E-state index in [2.05, 4.69) is 26.8 Å². The molecule has 5 nitrogen and oxygen atoms in total. The molecule has 2 N–H and O–H groups in total. The molecule has 0 saturated carbocycles. The van der Waals surface area contributed by atoms with Crippen molar-refractivity contribution >= 4 is 5.78 Å². The van der Waals surface area contributed by atoms with Crippen LogP contribution in [-0.2, 0) is 0 Å². The van der Waals surface area contributed by atoms with Gasteiger partial charge in [0, 0.05) is 44.1 Å². The first-order valence-electron chi connectivity index (χ1n) is 9.07. The monoisotopic (exact) mass is 348 g/mol. The van der Waals surface area contributed by atoms with Gasteiger partial charge in [-0.1, -0.05) is 30.3 Å². The number of benzene rings is 1. The number of nitrogens with zero attached hydrogens (tertiary/aromatic N) is 2. The third kappa shape index (κ3) is 3.36. The Labute approximate surface area is 153 Å². The van der Waals surface area contributed by atoms with E-state index in [0.29, 0.717) is 6.54 Å². The summed E-state index contributed by atoms with van der Waals surface area (Å²) in [5.74, 6) is 0.166. The molecule has 1 saturated heterocycles. The number of ketones is 1. The Morgan fingerprint density at radius 3 is 2.46 bits per heavy atom. The number of aromatic nitrogens is 2. The summed E-state index contributed by atoms with van der Waals surface area (Å²) in [6.45, 7) is 4.35. The molecule has 3 heterocycles. The minimum atomic E-state index is 0.166. The SMILES string of the molecule is CN1CCN(CC(=O)c2c(-c3ccccc3)c[nH]c2-c2ccc[nH]2)CC1. The van der Waals surface area contributed by atoms with E-state index in [-0.39, 0.29) is 5.78 Å². The highest BCUT2D eigenvalue weighted by Gasteiger charge is 2.24. The number of Topliss-reactive ketones (excluding diaryl/α,β-unsaturated/α-hetero) is 1. The van der Waals surface area contributed by atoms with Crippen molar-refractivity contribution in [3.05, 3.63) is 60.4 Å². The smallest absolute Gasteiger partial charge is 0.179 e. The van der Waals surface area contributed by atoms with Crippen LogP contribution in [0.4, 0.5) is 0 Å². The lowest BCUT2D eigenvalue weighted by Crippen LogP contribution is -2.46. The van der Waals surface area contributed by atoms with Crippen LogP contribution < -0.4 is 0 Å². The molecule has 1 aromatic carbocycles. The summed E-state index contributed by atoms with van der Waals surface area (Å²) in [5, 5.41) is 0. The van der Waals surface area contributed by atoms with E-state index < -0.39 is 0 Å². The Bertz CT molecular complexity index is 859. The molecule has 134 valence electrons.